The summed E-state index contributed by atoms with van der Waals surface area (Å²) in [4.78, 5) is 13.8. The zero-order valence-corrected chi connectivity index (χ0v) is 11.4. The average Bonchev–Trinajstić information content (AvgIpc) is 2.51. The Hall–Kier alpha value is -1.77. The minimum Gasteiger partial charge on any atom is -0.462 e. The van der Waals surface area contributed by atoms with E-state index in [4.69, 9.17) is 4.74 Å². The number of nitrogens with zero attached hydrogens (tertiary/aromatic N) is 1. The summed E-state index contributed by atoms with van der Waals surface area (Å²) >= 11 is 0. The number of likely N-dealkylation sites (N-methyl/N-ethyl adjacent to an activating group) is 1. The first-order valence-corrected chi connectivity index (χ1v) is 6.14. The molecule has 3 heteroatoms. The second-order valence-corrected chi connectivity index (χ2v) is 5.08. The predicted molar refractivity (Wildman–Crippen MR) is 73.0 cm³/mol. The van der Waals surface area contributed by atoms with Gasteiger partial charge in [0.1, 0.15) is 0 Å². The Balaban J connectivity index is 2.48. The van der Waals surface area contributed by atoms with Crippen LogP contribution in [0.1, 0.15) is 36.7 Å². The summed E-state index contributed by atoms with van der Waals surface area (Å²) in [5.41, 5.74) is 3.73. The zero-order chi connectivity index (χ0) is 13.5. The molecule has 2 rings (SSSR count). The van der Waals surface area contributed by atoms with E-state index in [1.165, 1.54) is 0 Å². The average molecular weight is 245 g/mol. The molecule has 1 heterocycles. The van der Waals surface area contributed by atoms with Crippen LogP contribution in [0.5, 0.6) is 0 Å². The first-order chi connectivity index (χ1) is 8.39. The van der Waals surface area contributed by atoms with Crippen molar-refractivity contribution >= 4 is 11.7 Å². The monoisotopic (exact) mass is 245 g/mol. The van der Waals surface area contributed by atoms with E-state index in [-0.39, 0.29) is 11.4 Å². The summed E-state index contributed by atoms with van der Waals surface area (Å²) in [6.07, 6.45) is 0. The highest BCUT2D eigenvalue weighted by Crippen LogP contribution is 2.46. The summed E-state index contributed by atoms with van der Waals surface area (Å²) in [7, 11) is 2.00. The molecule has 1 aromatic rings. The number of hydrogen-bond donors (Lipinski definition) is 0. The first-order valence-electron chi connectivity index (χ1n) is 6.14. The molecule has 0 saturated carbocycles. The summed E-state index contributed by atoms with van der Waals surface area (Å²) < 4.78 is 5.03. The van der Waals surface area contributed by atoms with Gasteiger partial charge in [-0.3, -0.25) is 0 Å². The number of allylic oxidation sites excluding steroid dienone is 1. The third-order valence-electron chi connectivity index (χ3n) is 3.67. The van der Waals surface area contributed by atoms with Crippen LogP contribution in [0.3, 0.4) is 0 Å². The van der Waals surface area contributed by atoms with Gasteiger partial charge >= 0.3 is 5.97 Å². The number of anilines is 1. The van der Waals surface area contributed by atoms with E-state index in [9.17, 15) is 4.79 Å². The third kappa shape index (κ3) is 1.70. The van der Waals surface area contributed by atoms with Gasteiger partial charge in [0.2, 0.25) is 0 Å². The van der Waals surface area contributed by atoms with E-state index in [1.807, 2.05) is 32.2 Å². The predicted octanol–water partition coefficient (Wildman–Crippen LogP) is 3.10. The van der Waals surface area contributed by atoms with Crippen LogP contribution in [0, 0.1) is 0 Å². The van der Waals surface area contributed by atoms with Crippen LogP contribution in [0.4, 0.5) is 5.69 Å². The van der Waals surface area contributed by atoms with Gasteiger partial charge in [-0.25, -0.2) is 4.79 Å². The van der Waals surface area contributed by atoms with Crippen molar-refractivity contribution in [2.45, 2.75) is 26.2 Å². The zero-order valence-electron chi connectivity index (χ0n) is 11.4. The molecule has 0 atom stereocenters. The molecule has 1 aliphatic heterocycles. The highest BCUT2D eigenvalue weighted by Gasteiger charge is 2.37. The normalized spacial score (nSPS) is 16.7. The van der Waals surface area contributed by atoms with E-state index >= 15 is 0 Å². The fraction of sp³-hybridized carbons (Fsp3) is 0.400. The van der Waals surface area contributed by atoms with Gasteiger partial charge in [-0.15, -0.1) is 0 Å². The molecule has 0 N–H and O–H groups in total. The van der Waals surface area contributed by atoms with E-state index in [1.54, 1.807) is 0 Å². The largest absolute Gasteiger partial charge is 0.462 e. The maximum absolute atomic E-state index is 11.8. The molecule has 1 aliphatic rings. The molecule has 0 spiro atoms. The van der Waals surface area contributed by atoms with Crippen LogP contribution < -0.4 is 4.90 Å². The van der Waals surface area contributed by atoms with Gasteiger partial charge in [0, 0.05) is 23.8 Å². The van der Waals surface area contributed by atoms with Crippen molar-refractivity contribution in [3.8, 4) is 0 Å². The Bertz CT molecular complexity index is 517. The Morgan fingerprint density at radius 1 is 1.44 bits per heavy atom. The number of fused-ring (bicyclic) bond motifs is 1. The number of benzene rings is 1. The van der Waals surface area contributed by atoms with Gasteiger partial charge in [0.05, 0.1) is 12.2 Å². The lowest BCUT2D eigenvalue weighted by Crippen LogP contribution is -2.21. The highest BCUT2D eigenvalue weighted by atomic mass is 16.5. The Labute approximate surface area is 108 Å². The number of ether oxygens (including phenoxy) is 1. The standard InChI is InChI=1S/C15H19NO2/c1-6-18-14(17)11-7-8-13-12(9-11)15(3,4)10(2)16(13)5/h7-9H,2,6H2,1,3-5H3. The fourth-order valence-corrected chi connectivity index (χ4v) is 2.39. The second kappa shape index (κ2) is 4.16. The number of hydrogen-bond acceptors (Lipinski definition) is 3. The minimum absolute atomic E-state index is 0.146. The van der Waals surface area contributed by atoms with Crippen LogP contribution in [0.15, 0.2) is 30.5 Å². The SMILES string of the molecule is C=C1N(C)c2ccc(C(=O)OCC)cc2C1(C)C. The molecule has 0 fully saturated rings. The third-order valence-corrected chi connectivity index (χ3v) is 3.67. The lowest BCUT2D eigenvalue weighted by atomic mass is 9.84. The first kappa shape index (κ1) is 12.7. The summed E-state index contributed by atoms with van der Waals surface area (Å²) in [5.74, 6) is -0.267. The van der Waals surface area contributed by atoms with Gasteiger partial charge < -0.3 is 9.64 Å². The second-order valence-electron chi connectivity index (χ2n) is 5.08. The molecule has 0 radical (unpaired) electrons. The molecular formula is C15H19NO2. The lowest BCUT2D eigenvalue weighted by molar-refractivity contribution is 0.0526. The topological polar surface area (TPSA) is 29.5 Å². The molecule has 0 aromatic heterocycles. The van der Waals surface area contributed by atoms with Gasteiger partial charge in [-0.2, -0.15) is 0 Å². The van der Waals surface area contributed by atoms with Crippen molar-refractivity contribution < 1.29 is 9.53 Å². The van der Waals surface area contributed by atoms with E-state index in [2.05, 4.69) is 25.3 Å². The van der Waals surface area contributed by atoms with Crippen molar-refractivity contribution in [2.24, 2.45) is 0 Å². The summed E-state index contributed by atoms with van der Waals surface area (Å²) in [6, 6.07) is 5.69. The quantitative estimate of drug-likeness (QED) is 0.750. The van der Waals surface area contributed by atoms with Gasteiger partial charge in [-0.05, 0) is 30.7 Å². The van der Waals surface area contributed by atoms with Gasteiger partial charge in [-0.1, -0.05) is 20.4 Å². The van der Waals surface area contributed by atoms with E-state index in [0.29, 0.717) is 12.2 Å². The highest BCUT2D eigenvalue weighted by molar-refractivity contribution is 5.91. The van der Waals surface area contributed by atoms with Crippen LogP contribution in [-0.4, -0.2) is 19.6 Å². The van der Waals surface area contributed by atoms with E-state index in [0.717, 1.165) is 16.9 Å². The van der Waals surface area contributed by atoms with Crippen molar-refractivity contribution in [3.05, 3.63) is 41.6 Å². The molecule has 0 aliphatic carbocycles. The molecular weight excluding hydrogens is 226 g/mol. The molecule has 0 amide bonds. The van der Waals surface area contributed by atoms with Gasteiger partial charge in [0.15, 0.2) is 0 Å². The van der Waals surface area contributed by atoms with E-state index < -0.39 is 0 Å². The van der Waals surface area contributed by atoms with Crippen LogP contribution >= 0.6 is 0 Å². The Morgan fingerprint density at radius 2 is 2.11 bits per heavy atom. The summed E-state index contributed by atoms with van der Waals surface area (Å²) in [5, 5.41) is 0. The minimum atomic E-state index is -0.267. The van der Waals surface area contributed by atoms with Crippen molar-refractivity contribution in [3.63, 3.8) is 0 Å². The molecule has 1 aromatic carbocycles. The fourth-order valence-electron chi connectivity index (χ4n) is 2.39. The van der Waals surface area contributed by atoms with Gasteiger partial charge in [0.25, 0.3) is 0 Å². The number of esters is 1. The van der Waals surface area contributed by atoms with Crippen LogP contribution in [0.2, 0.25) is 0 Å². The van der Waals surface area contributed by atoms with Crippen LogP contribution in [0.25, 0.3) is 0 Å². The molecule has 0 saturated heterocycles. The molecule has 96 valence electrons. The maximum atomic E-state index is 11.8. The Kier molecular flexibility index (Phi) is 2.93. The van der Waals surface area contributed by atoms with Crippen LogP contribution in [-0.2, 0) is 10.2 Å². The summed E-state index contributed by atoms with van der Waals surface area (Å²) in [6.45, 7) is 10.6. The molecule has 18 heavy (non-hydrogen) atoms. The number of carbonyl (C=O) groups excluding carboxylic acids is 1. The maximum Gasteiger partial charge on any atom is 0.338 e. The number of carbonyl (C=O) groups is 1. The molecule has 3 nitrogen and oxygen atoms in total. The van der Waals surface area contributed by atoms with Crippen molar-refractivity contribution in [2.75, 3.05) is 18.6 Å². The van der Waals surface area contributed by atoms with Crippen molar-refractivity contribution in [1.82, 2.24) is 0 Å². The Morgan fingerprint density at radius 3 is 2.72 bits per heavy atom. The molecule has 0 bridgehead atoms. The number of rotatable bonds is 2. The smallest absolute Gasteiger partial charge is 0.338 e. The lowest BCUT2D eigenvalue weighted by Gasteiger charge is -2.22. The molecule has 0 unspecified atom stereocenters. The van der Waals surface area contributed by atoms with Crippen molar-refractivity contribution in [1.29, 1.82) is 0 Å².